The number of hydrogen-bond donors (Lipinski definition) is 1. The summed E-state index contributed by atoms with van der Waals surface area (Å²) < 4.78 is 0. The van der Waals surface area contributed by atoms with Crippen LogP contribution in [0.4, 0.5) is 0 Å². The third-order valence-corrected chi connectivity index (χ3v) is 2.19. The maximum absolute atomic E-state index is 9.12. The number of nitrogens with zero attached hydrogens (tertiary/aromatic N) is 1. The van der Waals surface area contributed by atoms with E-state index >= 15 is 0 Å². The van der Waals surface area contributed by atoms with E-state index in [2.05, 4.69) is 18.8 Å². The van der Waals surface area contributed by atoms with Gasteiger partial charge in [0.15, 0.2) is 0 Å². The Balaban J connectivity index is 2.89. The van der Waals surface area contributed by atoms with E-state index in [1.54, 1.807) is 0 Å². The van der Waals surface area contributed by atoms with Crippen LogP contribution in [-0.2, 0) is 0 Å². The summed E-state index contributed by atoms with van der Waals surface area (Å²) >= 11 is 0. The first-order valence-electron chi connectivity index (χ1n) is 4.87. The fourth-order valence-corrected chi connectivity index (χ4v) is 1.15. The highest BCUT2D eigenvalue weighted by molar-refractivity contribution is 5.49. The first-order valence-corrected chi connectivity index (χ1v) is 4.87. The molecule has 0 saturated carbocycles. The Morgan fingerprint density at radius 3 is 2.64 bits per heavy atom. The van der Waals surface area contributed by atoms with Gasteiger partial charge < -0.3 is 5.11 Å². The van der Waals surface area contributed by atoms with Crippen LogP contribution in [0.25, 0.3) is 6.08 Å². The third-order valence-electron chi connectivity index (χ3n) is 2.19. The Hall–Kier alpha value is -1.15. The Morgan fingerprint density at radius 1 is 1.50 bits per heavy atom. The van der Waals surface area contributed by atoms with Gasteiger partial charge in [-0.1, -0.05) is 19.9 Å². The zero-order chi connectivity index (χ0) is 10.6. The second-order valence-corrected chi connectivity index (χ2v) is 3.79. The highest BCUT2D eigenvalue weighted by atomic mass is 16.3. The molecule has 0 aliphatic carbocycles. The van der Waals surface area contributed by atoms with Crippen LogP contribution >= 0.6 is 0 Å². The number of aliphatic hydroxyl groups excluding tert-OH is 1. The Labute approximate surface area is 85.3 Å². The molecule has 1 aromatic rings. The van der Waals surface area contributed by atoms with Gasteiger partial charge in [-0.15, -0.1) is 0 Å². The van der Waals surface area contributed by atoms with Crippen LogP contribution in [0.3, 0.4) is 0 Å². The quantitative estimate of drug-likeness (QED) is 0.796. The molecule has 0 fully saturated rings. The Kier molecular flexibility index (Phi) is 3.84. The van der Waals surface area contributed by atoms with Crippen molar-refractivity contribution in [3.8, 4) is 0 Å². The lowest BCUT2D eigenvalue weighted by Crippen LogP contribution is -1.99. The number of aliphatic hydroxyl groups is 1. The molecule has 0 amide bonds. The minimum Gasteiger partial charge on any atom is -0.392 e. The van der Waals surface area contributed by atoms with Gasteiger partial charge in [-0.05, 0) is 36.1 Å². The summed E-state index contributed by atoms with van der Waals surface area (Å²) in [5.74, 6) is 0.364. The zero-order valence-electron chi connectivity index (χ0n) is 8.99. The lowest BCUT2D eigenvalue weighted by molar-refractivity contribution is 0.320. The minimum absolute atomic E-state index is 0.104. The molecule has 2 nitrogen and oxygen atoms in total. The van der Waals surface area contributed by atoms with Crippen molar-refractivity contribution in [2.24, 2.45) is 5.92 Å². The Bertz CT molecular complexity index is 312. The summed E-state index contributed by atoms with van der Waals surface area (Å²) in [4.78, 5) is 4.26. The van der Waals surface area contributed by atoms with Gasteiger partial charge in [0.2, 0.25) is 0 Å². The second kappa shape index (κ2) is 4.91. The van der Waals surface area contributed by atoms with Gasteiger partial charge in [0.1, 0.15) is 0 Å². The van der Waals surface area contributed by atoms with Crippen molar-refractivity contribution in [3.63, 3.8) is 0 Å². The zero-order valence-corrected chi connectivity index (χ0v) is 8.99. The summed E-state index contributed by atoms with van der Waals surface area (Å²) in [6, 6.07) is 3.99. The highest BCUT2D eigenvalue weighted by Crippen LogP contribution is 2.12. The predicted octanol–water partition coefficient (Wildman–Crippen LogP) is 2.42. The number of pyridine rings is 1. The molecule has 1 N–H and O–H groups in total. The van der Waals surface area contributed by atoms with E-state index in [0.717, 1.165) is 16.8 Å². The van der Waals surface area contributed by atoms with E-state index in [0.29, 0.717) is 5.92 Å². The summed E-state index contributed by atoms with van der Waals surface area (Å²) in [6.45, 7) is 6.25. The topological polar surface area (TPSA) is 33.1 Å². The van der Waals surface area contributed by atoms with Gasteiger partial charge in [-0.3, -0.25) is 4.98 Å². The summed E-state index contributed by atoms with van der Waals surface area (Å²) in [6.07, 6.45) is 3.78. The molecule has 2 heteroatoms. The summed E-state index contributed by atoms with van der Waals surface area (Å²) in [7, 11) is 0. The molecule has 76 valence electrons. The van der Waals surface area contributed by atoms with Crippen LogP contribution in [0.5, 0.6) is 0 Å². The van der Waals surface area contributed by atoms with E-state index < -0.39 is 0 Å². The lowest BCUT2D eigenvalue weighted by Gasteiger charge is -2.07. The van der Waals surface area contributed by atoms with Crippen molar-refractivity contribution >= 4 is 6.08 Å². The molecular formula is C12H17NO. The fraction of sp³-hybridized carbons (Fsp3) is 0.417. The van der Waals surface area contributed by atoms with Crippen molar-refractivity contribution in [2.75, 3.05) is 6.61 Å². The van der Waals surface area contributed by atoms with Crippen LogP contribution in [0, 0.1) is 12.8 Å². The average molecular weight is 191 g/mol. The van der Waals surface area contributed by atoms with Gasteiger partial charge in [-0.2, -0.15) is 0 Å². The predicted molar refractivity (Wildman–Crippen MR) is 58.9 cm³/mol. The van der Waals surface area contributed by atoms with Crippen molar-refractivity contribution in [3.05, 3.63) is 35.2 Å². The number of hydrogen-bond acceptors (Lipinski definition) is 2. The Morgan fingerprint density at radius 2 is 2.21 bits per heavy atom. The minimum atomic E-state index is 0.104. The normalized spacial score (nSPS) is 12.2. The molecule has 0 radical (unpaired) electrons. The first kappa shape index (κ1) is 10.9. The SMILES string of the molecule is Cc1ccc(/C=C(\CO)C(C)C)nc1. The van der Waals surface area contributed by atoms with E-state index in [9.17, 15) is 0 Å². The van der Waals surface area contributed by atoms with Gasteiger partial charge in [0, 0.05) is 6.20 Å². The van der Waals surface area contributed by atoms with Gasteiger partial charge in [-0.25, -0.2) is 0 Å². The van der Waals surface area contributed by atoms with Crippen LogP contribution in [0.15, 0.2) is 23.9 Å². The molecule has 0 aromatic carbocycles. The summed E-state index contributed by atoms with van der Waals surface area (Å²) in [5, 5.41) is 9.12. The maximum Gasteiger partial charge on any atom is 0.0648 e. The average Bonchev–Trinajstić information content (AvgIpc) is 2.16. The van der Waals surface area contributed by atoms with E-state index in [1.807, 2.05) is 31.3 Å². The second-order valence-electron chi connectivity index (χ2n) is 3.79. The van der Waals surface area contributed by atoms with E-state index in [1.165, 1.54) is 0 Å². The van der Waals surface area contributed by atoms with E-state index in [4.69, 9.17) is 5.11 Å². The van der Waals surface area contributed by atoms with Crippen LogP contribution in [-0.4, -0.2) is 16.7 Å². The molecular weight excluding hydrogens is 174 g/mol. The fourth-order valence-electron chi connectivity index (χ4n) is 1.15. The van der Waals surface area contributed by atoms with Crippen molar-refractivity contribution in [1.82, 2.24) is 4.98 Å². The largest absolute Gasteiger partial charge is 0.392 e. The van der Waals surface area contributed by atoms with Crippen LogP contribution in [0.1, 0.15) is 25.1 Å². The lowest BCUT2D eigenvalue weighted by atomic mass is 10.0. The standard InChI is InChI=1S/C12H17NO/c1-9(2)11(8-14)6-12-5-4-10(3)7-13-12/h4-7,9,14H,8H2,1-3H3/b11-6+. The molecule has 1 heterocycles. The molecule has 0 bridgehead atoms. The monoisotopic (exact) mass is 191 g/mol. The van der Waals surface area contributed by atoms with E-state index in [-0.39, 0.29) is 6.61 Å². The molecule has 0 aliphatic heterocycles. The molecule has 1 aromatic heterocycles. The van der Waals surface area contributed by atoms with Crippen LogP contribution in [0.2, 0.25) is 0 Å². The molecule has 14 heavy (non-hydrogen) atoms. The number of rotatable bonds is 3. The molecule has 1 rings (SSSR count). The first-order chi connectivity index (χ1) is 6.63. The molecule has 0 spiro atoms. The van der Waals surface area contributed by atoms with Gasteiger partial charge in [0.25, 0.3) is 0 Å². The van der Waals surface area contributed by atoms with Gasteiger partial charge >= 0.3 is 0 Å². The molecule has 0 aliphatic rings. The number of aryl methyl sites for hydroxylation is 1. The highest BCUT2D eigenvalue weighted by Gasteiger charge is 2.01. The molecule has 0 atom stereocenters. The maximum atomic E-state index is 9.12. The van der Waals surface area contributed by atoms with Crippen LogP contribution < -0.4 is 0 Å². The molecule has 0 unspecified atom stereocenters. The van der Waals surface area contributed by atoms with Crippen molar-refractivity contribution < 1.29 is 5.11 Å². The summed E-state index contributed by atoms with van der Waals surface area (Å²) in [5.41, 5.74) is 3.08. The van der Waals surface area contributed by atoms with Crippen molar-refractivity contribution in [2.45, 2.75) is 20.8 Å². The van der Waals surface area contributed by atoms with Gasteiger partial charge in [0.05, 0.1) is 12.3 Å². The smallest absolute Gasteiger partial charge is 0.0648 e. The van der Waals surface area contributed by atoms with Crippen molar-refractivity contribution in [1.29, 1.82) is 0 Å². The number of aromatic nitrogens is 1. The third kappa shape index (κ3) is 2.96. The molecule has 0 saturated heterocycles.